The monoisotopic (exact) mass is 290 g/mol. The maximum Gasteiger partial charge on any atom is 0.303 e. The molecule has 6 nitrogen and oxygen atoms in total. The Morgan fingerprint density at radius 3 is 1.14 bits per heavy atom. The lowest BCUT2D eigenvalue weighted by molar-refractivity contribution is -0.138. The second-order valence-electron chi connectivity index (χ2n) is 3.69. The van der Waals surface area contributed by atoms with Crippen molar-refractivity contribution in [3.63, 3.8) is 0 Å². The summed E-state index contributed by atoms with van der Waals surface area (Å²) in [6.07, 6.45) is 7.09. The van der Waals surface area contributed by atoms with Gasteiger partial charge in [-0.1, -0.05) is 12.1 Å². The molecule has 2 aromatic rings. The van der Waals surface area contributed by atoms with Crippen LogP contribution in [-0.4, -0.2) is 32.1 Å². The average molecular weight is 290 g/mol. The van der Waals surface area contributed by atoms with E-state index in [-0.39, 0.29) is 19.3 Å². The van der Waals surface area contributed by atoms with Crippen molar-refractivity contribution in [2.45, 2.75) is 19.3 Å². The number of carboxylic acids is 2. The molecule has 0 unspecified atom stereocenters. The fraction of sp³-hybridized carbons (Fsp3) is 0.200. The van der Waals surface area contributed by atoms with Gasteiger partial charge in [0.15, 0.2) is 0 Å². The highest BCUT2D eigenvalue weighted by Crippen LogP contribution is 1.93. The van der Waals surface area contributed by atoms with Crippen LogP contribution in [0.4, 0.5) is 0 Å². The molecule has 0 radical (unpaired) electrons. The smallest absolute Gasteiger partial charge is 0.303 e. The molecular weight excluding hydrogens is 272 g/mol. The predicted molar refractivity (Wildman–Crippen MR) is 77.6 cm³/mol. The highest BCUT2D eigenvalue weighted by molar-refractivity contribution is 5.69. The molecule has 2 aromatic heterocycles. The summed E-state index contributed by atoms with van der Waals surface area (Å²) in [5, 5.41) is 16.1. The van der Waals surface area contributed by atoms with E-state index >= 15 is 0 Å². The summed E-state index contributed by atoms with van der Waals surface area (Å²) in [7, 11) is 0. The molecule has 0 amide bonds. The van der Waals surface area contributed by atoms with Crippen LogP contribution in [0.3, 0.4) is 0 Å². The van der Waals surface area contributed by atoms with Crippen molar-refractivity contribution >= 4 is 11.9 Å². The van der Waals surface area contributed by atoms with E-state index in [1.165, 1.54) is 0 Å². The number of rotatable bonds is 4. The van der Waals surface area contributed by atoms with Crippen molar-refractivity contribution in [2.75, 3.05) is 0 Å². The van der Waals surface area contributed by atoms with Crippen LogP contribution in [0.15, 0.2) is 61.2 Å². The van der Waals surface area contributed by atoms with Crippen molar-refractivity contribution in [2.24, 2.45) is 0 Å². The fourth-order valence-electron chi connectivity index (χ4n) is 1.02. The minimum Gasteiger partial charge on any atom is -0.481 e. The highest BCUT2D eigenvalue weighted by Gasteiger charge is 1.99. The summed E-state index contributed by atoms with van der Waals surface area (Å²) in [6.45, 7) is 0. The van der Waals surface area contributed by atoms with Gasteiger partial charge in [-0.25, -0.2) is 0 Å². The number of aromatic nitrogens is 2. The van der Waals surface area contributed by atoms with Crippen molar-refractivity contribution in [1.29, 1.82) is 0 Å². The second-order valence-corrected chi connectivity index (χ2v) is 3.69. The molecule has 0 aliphatic rings. The number of carboxylic acid groups (broad SMARTS) is 2. The van der Waals surface area contributed by atoms with Gasteiger partial charge in [-0.05, 0) is 30.7 Å². The van der Waals surface area contributed by atoms with E-state index < -0.39 is 11.9 Å². The number of nitrogens with zero attached hydrogens (tertiary/aromatic N) is 2. The lowest BCUT2D eigenvalue weighted by Crippen LogP contribution is -1.98. The molecule has 0 atom stereocenters. The van der Waals surface area contributed by atoms with E-state index in [1.54, 1.807) is 24.8 Å². The zero-order chi connectivity index (χ0) is 15.8. The molecule has 2 rings (SSSR count). The molecule has 0 aliphatic carbocycles. The molecule has 0 bridgehead atoms. The van der Waals surface area contributed by atoms with Crippen LogP contribution in [0.25, 0.3) is 0 Å². The number of aliphatic carboxylic acids is 2. The lowest BCUT2D eigenvalue weighted by atomic mass is 10.2. The Balaban J connectivity index is 0.000000293. The van der Waals surface area contributed by atoms with E-state index in [0.717, 1.165) is 0 Å². The minimum atomic E-state index is -0.948. The first-order valence-electron chi connectivity index (χ1n) is 6.26. The first-order chi connectivity index (χ1) is 10.1. The van der Waals surface area contributed by atoms with Crippen molar-refractivity contribution < 1.29 is 19.8 Å². The zero-order valence-corrected chi connectivity index (χ0v) is 11.5. The van der Waals surface area contributed by atoms with Crippen LogP contribution in [0.5, 0.6) is 0 Å². The summed E-state index contributed by atoms with van der Waals surface area (Å²) in [5.74, 6) is -1.90. The summed E-state index contributed by atoms with van der Waals surface area (Å²) < 4.78 is 0. The van der Waals surface area contributed by atoms with Crippen molar-refractivity contribution in [3.05, 3.63) is 61.2 Å². The van der Waals surface area contributed by atoms with Crippen molar-refractivity contribution in [3.8, 4) is 0 Å². The number of pyridine rings is 2. The Morgan fingerprint density at radius 1 is 0.667 bits per heavy atom. The quantitative estimate of drug-likeness (QED) is 0.897. The molecule has 2 N–H and O–H groups in total. The van der Waals surface area contributed by atoms with Gasteiger partial charge in [0.25, 0.3) is 0 Å². The average Bonchev–Trinajstić information content (AvgIpc) is 2.51. The Bertz CT molecular complexity index is 379. The molecule has 0 aliphatic heterocycles. The Hall–Kier alpha value is -2.76. The van der Waals surface area contributed by atoms with Gasteiger partial charge < -0.3 is 10.2 Å². The molecule has 2 heterocycles. The third-order valence-corrected chi connectivity index (χ3v) is 1.91. The number of carbonyl (C=O) groups is 2. The zero-order valence-electron chi connectivity index (χ0n) is 11.5. The third-order valence-electron chi connectivity index (χ3n) is 1.91. The van der Waals surface area contributed by atoms with E-state index in [9.17, 15) is 9.59 Å². The van der Waals surface area contributed by atoms with Crippen molar-refractivity contribution in [1.82, 2.24) is 9.97 Å². The van der Waals surface area contributed by atoms with Gasteiger partial charge >= 0.3 is 11.9 Å². The SMILES string of the molecule is O=C(O)CCCC(=O)O.c1ccncc1.c1ccncc1. The molecule has 0 saturated carbocycles. The molecule has 6 heteroatoms. The van der Waals surface area contributed by atoms with E-state index in [2.05, 4.69) is 9.97 Å². The predicted octanol–water partition coefficient (Wildman–Crippen LogP) is 2.49. The topological polar surface area (TPSA) is 100 Å². The van der Waals surface area contributed by atoms with Gasteiger partial charge in [0.1, 0.15) is 0 Å². The van der Waals surface area contributed by atoms with Gasteiger partial charge in [0, 0.05) is 37.6 Å². The van der Waals surface area contributed by atoms with Gasteiger partial charge in [0.05, 0.1) is 0 Å². The summed E-state index contributed by atoms with van der Waals surface area (Å²) >= 11 is 0. The Morgan fingerprint density at radius 2 is 1.00 bits per heavy atom. The van der Waals surface area contributed by atoms with Crippen LogP contribution >= 0.6 is 0 Å². The molecule has 0 fully saturated rings. The van der Waals surface area contributed by atoms with E-state index in [4.69, 9.17) is 10.2 Å². The van der Waals surface area contributed by atoms with E-state index in [1.807, 2.05) is 36.4 Å². The first-order valence-corrected chi connectivity index (χ1v) is 6.26. The largest absolute Gasteiger partial charge is 0.481 e. The van der Waals surface area contributed by atoms with Crippen LogP contribution in [0.2, 0.25) is 0 Å². The highest BCUT2D eigenvalue weighted by atomic mass is 16.4. The molecule has 112 valence electrons. The molecular formula is C15H18N2O4. The van der Waals surface area contributed by atoms with E-state index in [0.29, 0.717) is 0 Å². The lowest BCUT2D eigenvalue weighted by Gasteiger charge is -1.89. The van der Waals surface area contributed by atoms with Gasteiger partial charge in [-0.15, -0.1) is 0 Å². The maximum atomic E-state index is 9.79. The molecule has 21 heavy (non-hydrogen) atoms. The fourth-order valence-corrected chi connectivity index (χ4v) is 1.02. The van der Waals surface area contributed by atoms with Gasteiger partial charge in [-0.3, -0.25) is 19.6 Å². The number of hydrogen-bond donors (Lipinski definition) is 2. The normalized spacial score (nSPS) is 8.38. The Kier molecular flexibility index (Phi) is 11.9. The van der Waals surface area contributed by atoms with Crippen LogP contribution in [0, 0.1) is 0 Å². The maximum absolute atomic E-state index is 9.79. The first kappa shape index (κ1) is 18.2. The van der Waals surface area contributed by atoms with Gasteiger partial charge in [0.2, 0.25) is 0 Å². The van der Waals surface area contributed by atoms with Gasteiger partial charge in [-0.2, -0.15) is 0 Å². The summed E-state index contributed by atoms with van der Waals surface area (Å²) in [5.41, 5.74) is 0. The second kappa shape index (κ2) is 13.7. The summed E-state index contributed by atoms with van der Waals surface area (Å²) in [6, 6.07) is 11.4. The molecule has 0 aromatic carbocycles. The number of hydrogen-bond acceptors (Lipinski definition) is 4. The van der Waals surface area contributed by atoms with Crippen LogP contribution in [-0.2, 0) is 9.59 Å². The minimum absolute atomic E-state index is 0.0632. The molecule has 0 saturated heterocycles. The van der Waals surface area contributed by atoms with Crippen LogP contribution in [0.1, 0.15) is 19.3 Å². The molecule has 0 spiro atoms. The summed E-state index contributed by atoms with van der Waals surface area (Å²) in [4.78, 5) is 27.1. The third kappa shape index (κ3) is 17.2. The standard InChI is InChI=1S/2C5H5N.C5H8O4/c2*1-2-4-6-5-3-1;6-4(7)2-1-3-5(8)9/h2*1-5H;1-3H2,(H,6,7)(H,8,9). The van der Waals surface area contributed by atoms with Crippen LogP contribution < -0.4 is 0 Å². The Labute approximate surface area is 123 Å².